The van der Waals surface area contributed by atoms with Crippen molar-refractivity contribution in [2.24, 2.45) is 0 Å². The first kappa shape index (κ1) is 17.9. The summed E-state index contributed by atoms with van der Waals surface area (Å²) in [6, 6.07) is 8.44. The number of hydrogen-bond donors (Lipinski definition) is 1. The lowest BCUT2D eigenvalue weighted by Crippen LogP contribution is -2.43. The van der Waals surface area contributed by atoms with E-state index < -0.39 is 0 Å². The smallest absolute Gasteiger partial charge is 0.257 e. The fourth-order valence-corrected chi connectivity index (χ4v) is 3.21. The first-order valence-corrected chi connectivity index (χ1v) is 9.41. The maximum Gasteiger partial charge on any atom is 0.257 e. The Kier molecular flexibility index (Phi) is 6.42. The van der Waals surface area contributed by atoms with E-state index >= 15 is 0 Å². The third kappa shape index (κ3) is 4.80. The van der Waals surface area contributed by atoms with Gasteiger partial charge in [-0.05, 0) is 50.3 Å². The molecule has 1 aliphatic heterocycles. The van der Waals surface area contributed by atoms with Crippen molar-refractivity contribution in [3.05, 3.63) is 30.1 Å². The van der Waals surface area contributed by atoms with Gasteiger partial charge in [-0.15, -0.1) is 0 Å². The van der Waals surface area contributed by atoms with Gasteiger partial charge in [0.25, 0.3) is 5.89 Å². The van der Waals surface area contributed by atoms with Gasteiger partial charge in [-0.2, -0.15) is 4.98 Å². The minimum Gasteiger partial charge on any atom is -0.369 e. The van der Waals surface area contributed by atoms with Crippen molar-refractivity contribution < 1.29 is 4.52 Å². The van der Waals surface area contributed by atoms with E-state index in [0.29, 0.717) is 5.89 Å². The Morgan fingerprint density at radius 2 is 1.84 bits per heavy atom. The van der Waals surface area contributed by atoms with Crippen LogP contribution in [0.5, 0.6) is 0 Å². The Morgan fingerprint density at radius 3 is 2.52 bits per heavy atom. The van der Waals surface area contributed by atoms with Gasteiger partial charge >= 0.3 is 0 Å². The maximum absolute atomic E-state index is 5.45. The van der Waals surface area contributed by atoms with Crippen molar-refractivity contribution in [1.82, 2.24) is 20.4 Å². The van der Waals surface area contributed by atoms with Crippen LogP contribution in [-0.4, -0.2) is 60.9 Å². The van der Waals surface area contributed by atoms with E-state index in [0.717, 1.165) is 70.0 Å². The molecule has 0 unspecified atom stereocenters. The molecule has 1 aromatic heterocycles. The molecule has 1 aromatic carbocycles. The molecule has 0 bridgehead atoms. The van der Waals surface area contributed by atoms with Crippen LogP contribution in [0.15, 0.2) is 28.8 Å². The lowest BCUT2D eigenvalue weighted by Gasteiger charge is -2.29. The first-order chi connectivity index (χ1) is 12.3. The largest absolute Gasteiger partial charge is 0.369 e. The Labute approximate surface area is 150 Å². The average molecular weight is 343 g/mol. The molecule has 25 heavy (non-hydrogen) atoms. The summed E-state index contributed by atoms with van der Waals surface area (Å²) >= 11 is 0. The monoisotopic (exact) mass is 343 g/mol. The molecule has 6 heteroatoms. The zero-order valence-electron chi connectivity index (χ0n) is 15.4. The SMILES string of the molecule is CCN(CC)CCCc1noc(-c2ccc(N3CCNCC3)cc2)n1. The van der Waals surface area contributed by atoms with Crippen LogP contribution in [0.3, 0.4) is 0 Å². The summed E-state index contributed by atoms with van der Waals surface area (Å²) in [5.74, 6) is 1.41. The molecule has 0 atom stereocenters. The predicted molar refractivity (Wildman–Crippen MR) is 101 cm³/mol. The Bertz CT molecular complexity index is 630. The van der Waals surface area contributed by atoms with E-state index in [1.165, 1.54) is 5.69 Å². The third-order valence-corrected chi connectivity index (χ3v) is 4.83. The average Bonchev–Trinajstić information content (AvgIpc) is 3.15. The number of hydrogen-bond acceptors (Lipinski definition) is 6. The number of nitrogens with one attached hydrogen (secondary N) is 1. The number of benzene rings is 1. The van der Waals surface area contributed by atoms with Gasteiger partial charge in [-0.3, -0.25) is 0 Å². The molecule has 0 amide bonds. The van der Waals surface area contributed by atoms with Gasteiger partial charge in [0.05, 0.1) is 0 Å². The van der Waals surface area contributed by atoms with E-state index in [2.05, 4.69) is 63.4 Å². The fraction of sp³-hybridized carbons (Fsp3) is 0.579. The molecule has 0 saturated carbocycles. The van der Waals surface area contributed by atoms with Crippen molar-refractivity contribution in [2.45, 2.75) is 26.7 Å². The second kappa shape index (κ2) is 8.97. The number of nitrogens with zero attached hydrogens (tertiary/aromatic N) is 4. The van der Waals surface area contributed by atoms with Gasteiger partial charge in [0.2, 0.25) is 0 Å². The van der Waals surface area contributed by atoms with Gasteiger partial charge in [-0.1, -0.05) is 19.0 Å². The predicted octanol–water partition coefficient (Wildman–Crippen LogP) is 2.42. The van der Waals surface area contributed by atoms with Crippen molar-refractivity contribution in [2.75, 3.05) is 50.7 Å². The second-order valence-electron chi connectivity index (χ2n) is 6.43. The molecule has 1 saturated heterocycles. The van der Waals surface area contributed by atoms with Crippen molar-refractivity contribution in [3.63, 3.8) is 0 Å². The number of anilines is 1. The molecule has 1 N–H and O–H groups in total. The third-order valence-electron chi connectivity index (χ3n) is 4.83. The van der Waals surface area contributed by atoms with Crippen LogP contribution in [0.25, 0.3) is 11.5 Å². The van der Waals surface area contributed by atoms with Crippen LogP contribution in [0.1, 0.15) is 26.1 Å². The Hall–Kier alpha value is -1.92. The number of aryl methyl sites for hydroxylation is 1. The Morgan fingerprint density at radius 1 is 1.12 bits per heavy atom. The summed E-state index contributed by atoms with van der Waals surface area (Å²) in [4.78, 5) is 9.36. The number of rotatable bonds is 8. The van der Waals surface area contributed by atoms with Crippen LogP contribution in [-0.2, 0) is 6.42 Å². The molecule has 136 valence electrons. The normalized spacial score (nSPS) is 15.1. The summed E-state index contributed by atoms with van der Waals surface area (Å²) in [7, 11) is 0. The zero-order valence-corrected chi connectivity index (χ0v) is 15.4. The topological polar surface area (TPSA) is 57.4 Å². The summed E-state index contributed by atoms with van der Waals surface area (Å²) in [6.45, 7) is 11.8. The molecule has 0 aliphatic carbocycles. The number of aromatic nitrogens is 2. The van der Waals surface area contributed by atoms with E-state index in [-0.39, 0.29) is 0 Å². The maximum atomic E-state index is 5.45. The molecule has 0 spiro atoms. The van der Waals surface area contributed by atoms with Crippen LogP contribution >= 0.6 is 0 Å². The van der Waals surface area contributed by atoms with Gasteiger partial charge in [0.15, 0.2) is 5.82 Å². The second-order valence-corrected chi connectivity index (χ2v) is 6.43. The minimum absolute atomic E-state index is 0.615. The molecule has 0 radical (unpaired) electrons. The van der Waals surface area contributed by atoms with Crippen LogP contribution in [0.4, 0.5) is 5.69 Å². The van der Waals surface area contributed by atoms with Crippen LogP contribution < -0.4 is 10.2 Å². The molecule has 2 aromatic rings. The fourth-order valence-electron chi connectivity index (χ4n) is 3.21. The quantitative estimate of drug-likeness (QED) is 0.794. The molecule has 1 fully saturated rings. The summed E-state index contributed by atoms with van der Waals surface area (Å²) in [5.41, 5.74) is 2.24. The number of piperazine rings is 1. The molecule has 6 nitrogen and oxygen atoms in total. The zero-order chi connectivity index (χ0) is 17.5. The van der Waals surface area contributed by atoms with Crippen molar-refractivity contribution in [1.29, 1.82) is 0 Å². The summed E-state index contributed by atoms with van der Waals surface area (Å²) in [6.07, 6.45) is 1.92. The first-order valence-electron chi connectivity index (χ1n) is 9.41. The van der Waals surface area contributed by atoms with Crippen molar-refractivity contribution in [3.8, 4) is 11.5 Å². The lowest BCUT2D eigenvalue weighted by molar-refractivity contribution is 0.298. The van der Waals surface area contributed by atoms with Gasteiger partial charge in [0.1, 0.15) is 0 Å². The van der Waals surface area contributed by atoms with Gasteiger partial charge in [-0.25, -0.2) is 0 Å². The highest BCUT2D eigenvalue weighted by Crippen LogP contribution is 2.22. The van der Waals surface area contributed by atoms with E-state index in [4.69, 9.17) is 4.52 Å². The summed E-state index contributed by atoms with van der Waals surface area (Å²) < 4.78 is 5.45. The highest BCUT2D eigenvalue weighted by molar-refractivity contribution is 5.59. The lowest BCUT2D eigenvalue weighted by atomic mass is 10.2. The highest BCUT2D eigenvalue weighted by atomic mass is 16.5. The van der Waals surface area contributed by atoms with Crippen LogP contribution in [0, 0.1) is 0 Å². The van der Waals surface area contributed by atoms with Gasteiger partial charge < -0.3 is 19.6 Å². The molecule has 1 aliphatic rings. The van der Waals surface area contributed by atoms with E-state index in [1.807, 2.05) is 0 Å². The van der Waals surface area contributed by atoms with Crippen molar-refractivity contribution >= 4 is 5.69 Å². The molecule has 3 rings (SSSR count). The minimum atomic E-state index is 0.615. The molecular weight excluding hydrogens is 314 g/mol. The van der Waals surface area contributed by atoms with E-state index in [1.54, 1.807) is 0 Å². The summed E-state index contributed by atoms with van der Waals surface area (Å²) in [5, 5.41) is 7.51. The highest BCUT2D eigenvalue weighted by Gasteiger charge is 2.12. The van der Waals surface area contributed by atoms with E-state index in [9.17, 15) is 0 Å². The van der Waals surface area contributed by atoms with Gasteiger partial charge in [0, 0.05) is 43.9 Å². The standard InChI is InChI=1S/C19H29N5O/c1-3-23(4-2)13-5-6-18-21-19(25-22-18)16-7-9-17(10-8-16)24-14-11-20-12-15-24/h7-10,20H,3-6,11-15H2,1-2H3. The Balaban J connectivity index is 1.56. The van der Waals surface area contributed by atoms with Crippen LogP contribution in [0.2, 0.25) is 0 Å². The molecule has 2 heterocycles. The molecular formula is C19H29N5O.